The second kappa shape index (κ2) is 8.31. The second-order valence-corrected chi connectivity index (χ2v) is 5.66. The highest BCUT2D eigenvalue weighted by atomic mass is 16.7. The summed E-state index contributed by atoms with van der Waals surface area (Å²) < 4.78 is 20.3. The number of ether oxygens (including phenoxy) is 4. The summed E-state index contributed by atoms with van der Waals surface area (Å²) in [6.07, 6.45) is 2.51. The molecule has 1 heterocycles. The Bertz CT molecular complexity index is 949. The number of nitro benzene ring substituents is 1. The lowest BCUT2D eigenvalue weighted by atomic mass is 10.1. The van der Waals surface area contributed by atoms with E-state index in [1.54, 1.807) is 0 Å². The molecule has 0 saturated heterocycles. The van der Waals surface area contributed by atoms with Crippen LogP contribution in [-0.4, -0.2) is 30.8 Å². The molecule has 0 amide bonds. The lowest BCUT2D eigenvalue weighted by Gasteiger charge is -2.19. The van der Waals surface area contributed by atoms with Gasteiger partial charge in [-0.25, -0.2) is 9.59 Å². The maximum atomic E-state index is 12.0. The molecule has 0 aliphatic carbocycles. The van der Waals surface area contributed by atoms with Gasteiger partial charge in [0.05, 0.1) is 24.2 Å². The largest absolute Gasteiger partial charge is 0.467 e. The molecule has 9 nitrogen and oxygen atoms in total. The molecule has 2 aromatic carbocycles. The molecule has 0 bridgehead atoms. The summed E-state index contributed by atoms with van der Waals surface area (Å²) in [6, 6.07) is 8.50. The fourth-order valence-corrected chi connectivity index (χ4v) is 2.55. The summed E-state index contributed by atoms with van der Waals surface area (Å²) >= 11 is 0. The summed E-state index contributed by atoms with van der Waals surface area (Å²) in [5.41, 5.74) is 1.07. The number of non-ortho nitro benzene ring substituents is 1. The third-order valence-electron chi connectivity index (χ3n) is 3.83. The average molecular weight is 385 g/mol. The highest BCUT2D eigenvalue weighted by molar-refractivity contribution is 5.91. The van der Waals surface area contributed by atoms with Gasteiger partial charge in [0.1, 0.15) is 11.5 Å². The van der Waals surface area contributed by atoms with Crippen molar-refractivity contribution >= 4 is 23.7 Å². The molecular formula is C19H15NO8. The van der Waals surface area contributed by atoms with Gasteiger partial charge >= 0.3 is 11.9 Å². The molecule has 0 saturated carbocycles. The smallest absolute Gasteiger partial charge is 0.337 e. The minimum Gasteiger partial charge on any atom is -0.467 e. The number of carbonyl (C=O) groups is 2. The summed E-state index contributed by atoms with van der Waals surface area (Å²) in [7, 11) is 1.27. The van der Waals surface area contributed by atoms with E-state index in [9.17, 15) is 19.7 Å². The first kappa shape index (κ1) is 19.1. The Morgan fingerprint density at radius 1 is 1.21 bits per heavy atom. The van der Waals surface area contributed by atoms with E-state index in [1.165, 1.54) is 49.6 Å². The highest BCUT2D eigenvalue weighted by Gasteiger charge is 2.20. The zero-order valence-corrected chi connectivity index (χ0v) is 14.7. The van der Waals surface area contributed by atoms with Crippen molar-refractivity contribution in [3.63, 3.8) is 0 Å². The molecule has 28 heavy (non-hydrogen) atoms. The average Bonchev–Trinajstić information content (AvgIpc) is 2.71. The molecule has 2 aromatic rings. The van der Waals surface area contributed by atoms with E-state index in [0.29, 0.717) is 22.4 Å². The monoisotopic (exact) mass is 385 g/mol. The van der Waals surface area contributed by atoms with Crippen LogP contribution < -0.4 is 9.47 Å². The van der Waals surface area contributed by atoms with Crippen molar-refractivity contribution in [3.8, 4) is 11.5 Å². The van der Waals surface area contributed by atoms with Crippen molar-refractivity contribution in [2.45, 2.75) is 6.61 Å². The van der Waals surface area contributed by atoms with E-state index in [4.69, 9.17) is 14.2 Å². The number of rotatable bonds is 5. The summed E-state index contributed by atoms with van der Waals surface area (Å²) in [5, 5.41) is 11.1. The normalized spacial score (nSPS) is 12.8. The quantitative estimate of drug-likeness (QED) is 0.254. The van der Waals surface area contributed by atoms with Gasteiger partial charge in [0.15, 0.2) is 6.79 Å². The molecule has 0 fully saturated rings. The zero-order chi connectivity index (χ0) is 20.1. The van der Waals surface area contributed by atoms with Crippen LogP contribution in [-0.2, 0) is 20.9 Å². The molecule has 0 spiro atoms. The van der Waals surface area contributed by atoms with Gasteiger partial charge < -0.3 is 18.9 Å². The third-order valence-corrected chi connectivity index (χ3v) is 3.83. The van der Waals surface area contributed by atoms with Gasteiger partial charge in [-0.1, -0.05) is 0 Å². The number of fused-ring (bicyclic) bond motifs is 1. The number of methoxy groups -OCH3 is 1. The fraction of sp³-hybridized carbons (Fsp3) is 0.158. The molecule has 1 aliphatic rings. The first-order valence-electron chi connectivity index (χ1n) is 8.08. The van der Waals surface area contributed by atoms with Gasteiger partial charge in [0.25, 0.3) is 5.69 Å². The first-order chi connectivity index (χ1) is 13.5. The minimum atomic E-state index is -0.696. The van der Waals surface area contributed by atoms with E-state index in [-0.39, 0.29) is 24.8 Å². The van der Waals surface area contributed by atoms with Gasteiger partial charge in [-0.2, -0.15) is 0 Å². The first-order valence-corrected chi connectivity index (χ1v) is 8.08. The summed E-state index contributed by atoms with van der Waals surface area (Å²) in [4.78, 5) is 34.0. The van der Waals surface area contributed by atoms with E-state index in [2.05, 4.69) is 4.74 Å². The Labute approximate surface area is 159 Å². The molecule has 144 valence electrons. The lowest BCUT2D eigenvalue weighted by Crippen LogP contribution is -2.13. The van der Waals surface area contributed by atoms with Crippen LogP contribution in [0, 0.1) is 10.1 Å². The predicted octanol–water partition coefficient (Wildman–Crippen LogP) is 2.87. The number of hydrogen-bond acceptors (Lipinski definition) is 8. The molecule has 3 rings (SSSR count). The van der Waals surface area contributed by atoms with Crippen LogP contribution in [0.1, 0.15) is 21.5 Å². The molecule has 0 aromatic heterocycles. The highest BCUT2D eigenvalue weighted by Crippen LogP contribution is 2.33. The number of carbonyl (C=O) groups excluding carboxylic acids is 2. The van der Waals surface area contributed by atoms with Crippen molar-refractivity contribution in [2.75, 3.05) is 13.9 Å². The van der Waals surface area contributed by atoms with Gasteiger partial charge in [-0.3, -0.25) is 10.1 Å². The van der Waals surface area contributed by atoms with Crippen LogP contribution >= 0.6 is 0 Å². The van der Waals surface area contributed by atoms with Crippen LogP contribution in [0.15, 0.2) is 42.5 Å². The van der Waals surface area contributed by atoms with Gasteiger partial charge in [0, 0.05) is 29.3 Å². The van der Waals surface area contributed by atoms with E-state index >= 15 is 0 Å². The maximum absolute atomic E-state index is 12.0. The molecule has 9 heteroatoms. The van der Waals surface area contributed by atoms with E-state index in [0.717, 1.165) is 6.08 Å². The molecule has 1 aliphatic heterocycles. The number of hydrogen-bond donors (Lipinski definition) is 0. The Morgan fingerprint density at radius 3 is 2.64 bits per heavy atom. The van der Waals surface area contributed by atoms with Crippen LogP contribution in [0.25, 0.3) is 6.08 Å². The number of esters is 2. The van der Waals surface area contributed by atoms with Crippen LogP contribution in [0.3, 0.4) is 0 Å². The van der Waals surface area contributed by atoms with E-state index in [1.807, 2.05) is 0 Å². The van der Waals surface area contributed by atoms with Gasteiger partial charge in [-0.05, 0) is 30.3 Å². The Balaban J connectivity index is 1.76. The Hall–Kier alpha value is -3.72. The topological polar surface area (TPSA) is 114 Å². The SMILES string of the molecule is COC(=O)c1ccc(OC(=O)C=Cc2cc([N+](=O)[O-])cc3c2OCOC3)cc1. The van der Waals surface area contributed by atoms with Gasteiger partial charge in [0.2, 0.25) is 0 Å². The van der Waals surface area contributed by atoms with Crippen molar-refractivity contribution < 1.29 is 33.5 Å². The Morgan fingerprint density at radius 2 is 1.96 bits per heavy atom. The second-order valence-electron chi connectivity index (χ2n) is 5.66. The van der Waals surface area contributed by atoms with Crippen molar-refractivity contribution in [1.29, 1.82) is 0 Å². The standard InChI is InChI=1S/C19H15NO8/c1-25-19(22)12-2-5-16(6-3-12)28-17(21)7-4-13-8-15(20(23)24)9-14-10-26-11-27-18(13)14/h2-9H,10-11H2,1H3. The lowest BCUT2D eigenvalue weighted by molar-refractivity contribution is -0.385. The summed E-state index contributed by atoms with van der Waals surface area (Å²) in [5.74, 6) is -0.549. The zero-order valence-electron chi connectivity index (χ0n) is 14.7. The minimum absolute atomic E-state index is 0.0165. The Kier molecular flexibility index (Phi) is 5.66. The van der Waals surface area contributed by atoms with Crippen molar-refractivity contribution in [3.05, 3.63) is 69.3 Å². The molecule has 0 N–H and O–H groups in total. The van der Waals surface area contributed by atoms with Gasteiger partial charge in [-0.15, -0.1) is 0 Å². The molecule has 0 atom stereocenters. The number of nitro groups is 1. The van der Waals surface area contributed by atoms with E-state index < -0.39 is 16.9 Å². The van der Waals surface area contributed by atoms with Crippen LogP contribution in [0.4, 0.5) is 5.69 Å². The fourth-order valence-electron chi connectivity index (χ4n) is 2.55. The molecule has 0 unspecified atom stereocenters. The number of benzene rings is 2. The van der Waals surface area contributed by atoms with Crippen molar-refractivity contribution in [2.24, 2.45) is 0 Å². The molecule has 0 radical (unpaired) electrons. The van der Waals surface area contributed by atoms with Crippen LogP contribution in [0.5, 0.6) is 11.5 Å². The maximum Gasteiger partial charge on any atom is 0.337 e. The number of nitrogens with zero attached hydrogens (tertiary/aromatic N) is 1. The third kappa shape index (κ3) is 4.33. The summed E-state index contributed by atoms with van der Waals surface area (Å²) in [6.45, 7) is 0.192. The van der Waals surface area contributed by atoms with Crippen molar-refractivity contribution in [1.82, 2.24) is 0 Å². The predicted molar refractivity (Wildman–Crippen MR) is 95.8 cm³/mol. The molecular weight excluding hydrogens is 370 g/mol. The van der Waals surface area contributed by atoms with Crippen LogP contribution in [0.2, 0.25) is 0 Å².